The molecule has 2 amide bonds. The number of methoxy groups -OCH3 is 6. The predicted octanol–water partition coefficient (Wildman–Crippen LogP) is 8.06. The Morgan fingerprint density at radius 1 is 0.493 bits per heavy atom. The predicted molar refractivity (Wildman–Crippen MR) is 268 cm³/mol. The lowest BCUT2D eigenvalue weighted by molar-refractivity contribution is 0.0480. The standard InChI is InChI=1S/2C26H34N2O4.2ClH.H2O/c2*1-27-20-10-11-21(27)17-22(16-20)28(13-12-18-8-6-5-7-9-18)26(29)19-14-23(30-2)25(32-4)24(15-19)31-3;;;/h2*5-9,14-15,20-22H,10-13,16-17H2,1-4H3;2*1H;1H2. The van der Waals surface area contributed by atoms with Crippen molar-refractivity contribution < 1.29 is 43.5 Å². The molecular weight excluding hydrogens is 895 g/mol. The minimum absolute atomic E-state index is 0. The Morgan fingerprint density at radius 3 is 1.03 bits per heavy atom. The summed E-state index contributed by atoms with van der Waals surface area (Å²) in [7, 11) is 13.9. The van der Waals surface area contributed by atoms with Crippen molar-refractivity contribution in [2.24, 2.45) is 0 Å². The molecule has 13 nitrogen and oxygen atoms in total. The van der Waals surface area contributed by atoms with E-state index in [9.17, 15) is 9.59 Å². The SMILES string of the molecule is COc1cc(C(=O)N(CCc2ccccc2)C2CC3CCC(C2)N3C)cc(OC)c1OC.COc1cc(C(=O)N(CCc2ccccc2)C2CC3CCC(C2)N3C)cc(OC)c1OC.Cl.Cl.O. The van der Waals surface area contributed by atoms with Crippen molar-refractivity contribution >= 4 is 36.6 Å². The number of rotatable bonds is 16. The summed E-state index contributed by atoms with van der Waals surface area (Å²) in [6.07, 6.45) is 10.7. The van der Waals surface area contributed by atoms with Gasteiger partial charge in [-0.1, -0.05) is 60.7 Å². The first kappa shape index (κ1) is 54.7. The summed E-state index contributed by atoms with van der Waals surface area (Å²) >= 11 is 0. The van der Waals surface area contributed by atoms with Crippen LogP contribution in [0.15, 0.2) is 84.9 Å². The van der Waals surface area contributed by atoms with Crippen molar-refractivity contribution in [2.75, 3.05) is 69.8 Å². The van der Waals surface area contributed by atoms with Crippen LogP contribution in [0.2, 0.25) is 0 Å². The van der Waals surface area contributed by atoms with Crippen molar-refractivity contribution in [3.05, 3.63) is 107 Å². The molecule has 4 fully saturated rings. The Balaban J connectivity index is 0.000000280. The highest BCUT2D eigenvalue weighted by Crippen LogP contribution is 2.42. The van der Waals surface area contributed by atoms with Gasteiger partial charge in [0.2, 0.25) is 11.5 Å². The van der Waals surface area contributed by atoms with Crippen LogP contribution in [-0.4, -0.2) is 143 Å². The van der Waals surface area contributed by atoms with Crippen LogP contribution in [-0.2, 0) is 12.8 Å². The smallest absolute Gasteiger partial charge is 0.254 e. The van der Waals surface area contributed by atoms with Crippen molar-refractivity contribution in [2.45, 2.75) is 100 Å². The number of ether oxygens (including phenoxy) is 6. The van der Waals surface area contributed by atoms with Gasteiger partial charge in [0.05, 0.1) is 42.7 Å². The molecule has 67 heavy (non-hydrogen) atoms. The first-order valence-corrected chi connectivity index (χ1v) is 22.8. The zero-order chi connectivity index (χ0) is 45.3. The third-order valence-electron chi connectivity index (χ3n) is 14.3. The average molecular weight is 968 g/mol. The lowest BCUT2D eigenvalue weighted by Crippen LogP contribution is -2.51. The van der Waals surface area contributed by atoms with E-state index in [-0.39, 0.29) is 54.2 Å². The van der Waals surface area contributed by atoms with Crippen LogP contribution in [0.5, 0.6) is 34.5 Å². The van der Waals surface area contributed by atoms with Gasteiger partial charge >= 0.3 is 0 Å². The molecule has 0 spiro atoms. The molecule has 4 aromatic rings. The quantitative estimate of drug-likeness (QED) is 0.109. The van der Waals surface area contributed by atoms with Crippen LogP contribution in [0.25, 0.3) is 0 Å². The highest BCUT2D eigenvalue weighted by atomic mass is 35.5. The Labute approximate surface area is 410 Å². The van der Waals surface area contributed by atoms with Gasteiger partial charge in [-0.2, -0.15) is 0 Å². The Kier molecular flexibility index (Phi) is 20.8. The maximum atomic E-state index is 13.9. The van der Waals surface area contributed by atoms with Crippen LogP contribution >= 0.6 is 24.8 Å². The maximum Gasteiger partial charge on any atom is 0.254 e. The number of carbonyl (C=O) groups is 2. The molecule has 0 radical (unpaired) electrons. The molecular formula is C52H72Cl2N4O9. The van der Waals surface area contributed by atoms with E-state index < -0.39 is 0 Å². The average Bonchev–Trinajstić information content (AvgIpc) is 3.63. The van der Waals surface area contributed by atoms with Gasteiger partial charge in [0.25, 0.3) is 11.8 Å². The zero-order valence-corrected chi connectivity index (χ0v) is 42.0. The van der Waals surface area contributed by atoms with Gasteiger partial charge < -0.3 is 53.5 Å². The lowest BCUT2D eigenvalue weighted by Gasteiger charge is -2.42. The minimum atomic E-state index is 0. The fourth-order valence-corrected chi connectivity index (χ4v) is 10.7. The van der Waals surface area contributed by atoms with Crippen LogP contribution in [0, 0.1) is 0 Å². The second-order valence-corrected chi connectivity index (χ2v) is 17.6. The first-order valence-electron chi connectivity index (χ1n) is 22.8. The van der Waals surface area contributed by atoms with Crippen molar-refractivity contribution in [1.82, 2.24) is 19.6 Å². The molecule has 2 N–H and O–H groups in total. The summed E-state index contributed by atoms with van der Waals surface area (Å²) in [5, 5.41) is 0. The molecule has 4 aromatic carbocycles. The lowest BCUT2D eigenvalue weighted by atomic mass is 9.95. The van der Waals surface area contributed by atoms with Gasteiger partial charge in [-0.15, -0.1) is 24.8 Å². The summed E-state index contributed by atoms with van der Waals surface area (Å²) in [6.45, 7) is 1.38. The third-order valence-corrected chi connectivity index (χ3v) is 14.3. The third kappa shape index (κ3) is 12.4. The molecule has 4 atom stereocenters. The van der Waals surface area contributed by atoms with Gasteiger partial charge in [0.1, 0.15) is 0 Å². The molecule has 8 rings (SSSR count). The molecule has 4 saturated heterocycles. The Bertz CT molecular complexity index is 1960. The second-order valence-electron chi connectivity index (χ2n) is 17.6. The number of hydrogen-bond donors (Lipinski definition) is 0. The van der Waals surface area contributed by atoms with E-state index >= 15 is 0 Å². The molecule has 0 aromatic heterocycles. The van der Waals surface area contributed by atoms with Crippen LogP contribution in [0.3, 0.4) is 0 Å². The molecule has 0 saturated carbocycles. The van der Waals surface area contributed by atoms with Crippen molar-refractivity contribution in [3.63, 3.8) is 0 Å². The fourth-order valence-electron chi connectivity index (χ4n) is 10.7. The van der Waals surface area contributed by atoms with E-state index in [4.69, 9.17) is 28.4 Å². The minimum Gasteiger partial charge on any atom is -0.493 e. The fraction of sp³-hybridized carbons (Fsp3) is 0.500. The maximum absolute atomic E-state index is 13.9. The molecule has 4 unspecified atom stereocenters. The number of halogens is 2. The highest BCUT2D eigenvalue weighted by molar-refractivity contribution is 5.96. The van der Waals surface area contributed by atoms with Gasteiger partial charge in [-0.05, 0) is 114 Å². The zero-order valence-electron chi connectivity index (χ0n) is 40.4. The molecule has 4 bridgehead atoms. The highest BCUT2D eigenvalue weighted by Gasteiger charge is 2.43. The number of amides is 2. The van der Waals surface area contributed by atoms with Gasteiger partial charge in [0, 0.05) is 60.5 Å². The normalized spacial score (nSPS) is 21.4. The number of fused-ring (bicyclic) bond motifs is 4. The van der Waals surface area contributed by atoms with Gasteiger partial charge in [0.15, 0.2) is 23.0 Å². The number of hydrogen-bond acceptors (Lipinski definition) is 10. The van der Waals surface area contributed by atoms with Crippen LogP contribution in [0.1, 0.15) is 83.2 Å². The topological polar surface area (TPSA) is 134 Å². The Morgan fingerprint density at radius 2 is 0.776 bits per heavy atom. The number of piperidine rings is 2. The summed E-state index contributed by atoms with van der Waals surface area (Å²) < 4.78 is 32.9. The summed E-state index contributed by atoms with van der Waals surface area (Å²) in [5.41, 5.74) is 3.62. The number of benzene rings is 4. The molecule has 4 aliphatic rings. The summed E-state index contributed by atoms with van der Waals surface area (Å²) in [5.74, 6) is 3.05. The molecule has 0 aliphatic carbocycles. The monoisotopic (exact) mass is 966 g/mol. The van der Waals surface area contributed by atoms with E-state index in [0.29, 0.717) is 82.9 Å². The molecule has 15 heteroatoms. The van der Waals surface area contributed by atoms with E-state index in [1.54, 1.807) is 66.9 Å². The van der Waals surface area contributed by atoms with Gasteiger partial charge in [-0.25, -0.2) is 0 Å². The van der Waals surface area contributed by atoms with Crippen molar-refractivity contribution in [1.29, 1.82) is 0 Å². The molecule has 4 aliphatic heterocycles. The van der Waals surface area contributed by atoms with Crippen molar-refractivity contribution in [3.8, 4) is 34.5 Å². The molecule has 4 heterocycles. The molecule has 368 valence electrons. The summed E-state index contributed by atoms with van der Waals surface area (Å²) in [4.78, 5) is 37.0. The van der Waals surface area contributed by atoms with E-state index in [2.05, 4.69) is 82.2 Å². The first-order chi connectivity index (χ1) is 31.1. The second kappa shape index (κ2) is 25.4. The van der Waals surface area contributed by atoms with E-state index in [1.807, 2.05) is 12.1 Å². The van der Waals surface area contributed by atoms with Crippen LogP contribution < -0.4 is 28.4 Å². The number of carbonyl (C=O) groups excluding carboxylic acids is 2. The van der Waals surface area contributed by atoms with E-state index in [0.717, 1.165) is 38.5 Å². The largest absolute Gasteiger partial charge is 0.493 e. The van der Waals surface area contributed by atoms with Gasteiger partial charge in [-0.3, -0.25) is 9.59 Å². The number of nitrogens with zero attached hydrogens (tertiary/aromatic N) is 4. The summed E-state index contributed by atoms with van der Waals surface area (Å²) in [6, 6.07) is 30.5. The Hall–Kier alpha value is -4.92. The van der Waals surface area contributed by atoms with E-state index in [1.165, 1.54) is 36.8 Å². The van der Waals surface area contributed by atoms with Crippen LogP contribution in [0.4, 0.5) is 0 Å².